The van der Waals surface area contributed by atoms with Crippen molar-refractivity contribution in [2.24, 2.45) is 0 Å². The summed E-state index contributed by atoms with van der Waals surface area (Å²) < 4.78 is 10.8. The summed E-state index contributed by atoms with van der Waals surface area (Å²) in [6.07, 6.45) is 1.34. The largest absolute Gasteiger partial charge is 0.479 e. The maximum absolute atomic E-state index is 10.8. The molecule has 2 rings (SSSR count). The molecule has 0 spiro atoms. The number of nitrogens with zero attached hydrogens (tertiary/aromatic N) is 1. The van der Waals surface area contributed by atoms with Crippen LogP contribution in [0, 0.1) is 0 Å². The molecule has 1 aromatic rings. The number of carboxylic acids is 1. The lowest BCUT2D eigenvalue weighted by Gasteiger charge is -2.33. The van der Waals surface area contributed by atoms with Crippen LogP contribution in [0.4, 0.5) is 0 Å². The second-order valence-electron chi connectivity index (χ2n) is 5.65. The molecule has 0 unspecified atom stereocenters. The third-order valence-electron chi connectivity index (χ3n) is 4.08. The monoisotopic (exact) mass is 307 g/mol. The molecule has 1 heterocycles. The molecule has 0 radical (unpaired) electrons. The van der Waals surface area contributed by atoms with Crippen LogP contribution in [0.3, 0.4) is 0 Å². The summed E-state index contributed by atoms with van der Waals surface area (Å²) in [4.78, 5) is 13.3. The Kier molecular flexibility index (Phi) is 6.21. The van der Waals surface area contributed by atoms with E-state index in [1.54, 1.807) is 0 Å². The van der Waals surface area contributed by atoms with Crippen molar-refractivity contribution >= 4 is 5.97 Å². The zero-order chi connectivity index (χ0) is 15.9. The van der Waals surface area contributed by atoms with Gasteiger partial charge in [-0.15, -0.1) is 0 Å². The molecule has 1 aliphatic rings. The number of aliphatic carboxylic acids is 1. The molecule has 1 atom stereocenters. The zero-order valence-electron chi connectivity index (χ0n) is 13.3. The summed E-state index contributed by atoms with van der Waals surface area (Å²) in [6, 6.07) is 8.28. The van der Waals surface area contributed by atoms with Gasteiger partial charge in [0, 0.05) is 25.8 Å². The normalized spacial score (nSPS) is 17.4. The van der Waals surface area contributed by atoms with Gasteiger partial charge in [-0.05, 0) is 44.0 Å². The Balaban J connectivity index is 1.93. The summed E-state index contributed by atoms with van der Waals surface area (Å²) in [6.45, 7) is 7.32. The van der Waals surface area contributed by atoms with Crippen molar-refractivity contribution in [2.75, 3.05) is 19.8 Å². The minimum atomic E-state index is -0.958. The van der Waals surface area contributed by atoms with Gasteiger partial charge in [0.25, 0.3) is 0 Å². The first-order chi connectivity index (χ1) is 10.6. The number of carboxylic acid groups (broad SMARTS) is 1. The Morgan fingerprint density at radius 3 is 2.55 bits per heavy atom. The van der Waals surface area contributed by atoms with Crippen molar-refractivity contribution < 1.29 is 19.4 Å². The van der Waals surface area contributed by atoms with Crippen molar-refractivity contribution in [1.29, 1.82) is 0 Å². The number of hydrogen-bond donors (Lipinski definition) is 1. The molecule has 0 amide bonds. The van der Waals surface area contributed by atoms with Gasteiger partial charge in [-0.3, -0.25) is 4.90 Å². The van der Waals surface area contributed by atoms with Crippen LogP contribution in [0.5, 0.6) is 5.75 Å². The van der Waals surface area contributed by atoms with E-state index in [0.717, 1.165) is 39.1 Å². The molecule has 0 bridgehead atoms. The van der Waals surface area contributed by atoms with Crippen LogP contribution in [-0.2, 0) is 16.1 Å². The number of ether oxygens (including phenoxy) is 2. The van der Waals surface area contributed by atoms with Gasteiger partial charge in [-0.25, -0.2) is 4.79 Å². The SMILES string of the molecule is CCN(Cc1ccc(O[C@@H](C)C(=O)O)cc1)C1CCOCC1. The van der Waals surface area contributed by atoms with Crippen molar-refractivity contribution in [2.45, 2.75) is 45.4 Å². The molecule has 1 saturated heterocycles. The Morgan fingerprint density at radius 2 is 2.00 bits per heavy atom. The zero-order valence-corrected chi connectivity index (χ0v) is 13.3. The molecule has 1 aliphatic heterocycles. The molecule has 1 aromatic carbocycles. The highest BCUT2D eigenvalue weighted by atomic mass is 16.5. The summed E-state index contributed by atoms with van der Waals surface area (Å²) >= 11 is 0. The minimum absolute atomic E-state index is 0.585. The Hall–Kier alpha value is -1.59. The van der Waals surface area contributed by atoms with Crippen LogP contribution in [0.2, 0.25) is 0 Å². The fraction of sp³-hybridized carbons (Fsp3) is 0.588. The Bertz CT molecular complexity index is 468. The third kappa shape index (κ3) is 4.71. The van der Waals surface area contributed by atoms with E-state index in [9.17, 15) is 4.79 Å². The van der Waals surface area contributed by atoms with Crippen LogP contribution in [-0.4, -0.2) is 47.9 Å². The van der Waals surface area contributed by atoms with Gasteiger partial charge in [-0.2, -0.15) is 0 Å². The average molecular weight is 307 g/mol. The van der Waals surface area contributed by atoms with Crippen molar-refractivity contribution in [1.82, 2.24) is 4.90 Å². The molecule has 122 valence electrons. The number of carbonyl (C=O) groups is 1. The lowest BCUT2D eigenvalue weighted by molar-refractivity contribution is -0.144. The molecule has 0 aliphatic carbocycles. The van der Waals surface area contributed by atoms with E-state index in [1.807, 2.05) is 24.3 Å². The van der Waals surface area contributed by atoms with E-state index in [1.165, 1.54) is 12.5 Å². The quantitative estimate of drug-likeness (QED) is 0.839. The molecule has 1 N–H and O–H groups in total. The lowest BCUT2D eigenvalue weighted by atomic mass is 10.1. The highest BCUT2D eigenvalue weighted by Crippen LogP contribution is 2.19. The number of rotatable bonds is 7. The highest BCUT2D eigenvalue weighted by Gasteiger charge is 2.20. The summed E-state index contributed by atoms with van der Waals surface area (Å²) in [5.74, 6) is -0.367. The van der Waals surface area contributed by atoms with Crippen LogP contribution >= 0.6 is 0 Å². The molecule has 0 aromatic heterocycles. The standard InChI is InChI=1S/C17H25NO4/c1-3-18(15-8-10-21-11-9-15)12-14-4-6-16(7-5-14)22-13(2)17(19)20/h4-7,13,15H,3,8-12H2,1-2H3,(H,19,20)/t13-/m0/s1. The second-order valence-corrected chi connectivity index (χ2v) is 5.65. The van der Waals surface area contributed by atoms with Gasteiger partial charge in [-0.1, -0.05) is 19.1 Å². The molecular weight excluding hydrogens is 282 g/mol. The summed E-state index contributed by atoms with van der Waals surface area (Å²) in [5.41, 5.74) is 1.21. The van der Waals surface area contributed by atoms with E-state index in [4.69, 9.17) is 14.6 Å². The minimum Gasteiger partial charge on any atom is -0.479 e. The molecular formula is C17H25NO4. The Labute approximate surface area is 131 Å². The van der Waals surface area contributed by atoms with Gasteiger partial charge >= 0.3 is 5.97 Å². The highest BCUT2D eigenvalue weighted by molar-refractivity contribution is 5.72. The topological polar surface area (TPSA) is 59.0 Å². The van der Waals surface area contributed by atoms with Crippen LogP contribution in [0.15, 0.2) is 24.3 Å². The van der Waals surface area contributed by atoms with Crippen molar-refractivity contribution in [3.63, 3.8) is 0 Å². The number of benzene rings is 1. The van der Waals surface area contributed by atoms with E-state index < -0.39 is 12.1 Å². The maximum Gasteiger partial charge on any atom is 0.344 e. The maximum atomic E-state index is 10.8. The fourth-order valence-electron chi connectivity index (χ4n) is 2.71. The predicted octanol–water partition coefficient (Wildman–Crippen LogP) is 2.54. The molecule has 1 fully saturated rings. The van der Waals surface area contributed by atoms with Crippen LogP contribution in [0.1, 0.15) is 32.3 Å². The van der Waals surface area contributed by atoms with Gasteiger partial charge < -0.3 is 14.6 Å². The van der Waals surface area contributed by atoms with E-state index in [2.05, 4.69) is 11.8 Å². The van der Waals surface area contributed by atoms with E-state index in [-0.39, 0.29) is 0 Å². The Morgan fingerprint density at radius 1 is 1.36 bits per heavy atom. The summed E-state index contributed by atoms with van der Waals surface area (Å²) in [5, 5.41) is 8.85. The second kappa shape index (κ2) is 8.15. The lowest BCUT2D eigenvalue weighted by Crippen LogP contribution is -2.38. The molecule has 5 nitrogen and oxygen atoms in total. The van der Waals surface area contributed by atoms with Gasteiger partial charge in [0.2, 0.25) is 0 Å². The molecule has 0 saturated carbocycles. The summed E-state index contributed by atoms with van der Waals surface area (Å²) in [7, 11) is 0. The van der Waals surface area contributed by atoms with Crippen molar-refractivity contribution in [3.8, 4) is 5.75 Å². The predicted molar refractivity (Wildman–Crippen MR) is 84.1 cm³/mol. The van der Waals surface area contributed by atoms with Crippen molar-refractivity contribution in [3.05, 3.63) is 29.8 Å². The first-order valence-electron chi connectivity index (χ1n) is 7.90. The van der Waals surface area contributed by atoms with Crippen LogP contribution in [0.25, 0.3) is 0 Å². The van der Waals surface area contributed by atoms with E-state index >= 15 is 0 Å². The first-order valence-corrected chi connectivity index (χ1v) is 7.90. The van der Waals surface area contributed by atoms with Gasteiger partial charge in [0.1, 0.15) is 5.75 Å². The first kappa shape index (κ1) is 16.8. The van der Waals surface area contributed by atoms with Crippen LogP contribution < -0.4 is 4.74 Å². The average Bonchev–Trinajstić information content (AvgIpc) is 2.54. The fourth-order valence-corrected chi connectivity index (χ4v) is 2.71. The van der Waals surface area contributed by atoms with Gasteiger partial charge in [0.15, 0.2) is 6.10 Å². The third-order valence-corrected chi connectivity index (χ3v) is 4.08. The molecule has 22 heavy (non-hydrogen) atoms. The van der Waals surface area contributed by atoms with E-state index in [0.29, 0.717) is 11.8 Å². The molecule has 5 heteroatoms. The smallest absolute Gasteiger partial charge is 0.344 e. The van der Waals surface area contributed by atoms with Gasteiger partial charge in [0.05, 0.1) is 0 Å². The number of hydrogen-bond acceptors (Lipinski definition) is 4.